The second-order valence-electron chi connectivity index (χ2n) is 5.63. The van der Waals surface area contributed by atoms with Gasteiger partial charge in [-0.25, -0.2) is 5.43 Å². The number of amides is 1. The molecule has 1 heterocycles. The molecule has 0 saturated carbocycles. The number of furan rings is 1. The van der Waals surface area contributed by atoms with E-state index in [2.05, 4.69) is 10.5 Å². The number of ether oxygens (including phenoxy) is 1. The summed E-state index contributed by atoms with van der Waals surface area (Å²) in [4.78, 5) is 22.7. The molecule has 0 bridgehead atoms. The molecule has 1 amide bonds. The van der Waals surface area contributed by atoms with E-state index in [1.54, 1.807) is 54.6 Å². The molecule has 0 unspecified atom stereocenters. The zero-order chi connectivity index (χ0) is 19.9. The van der Waals surface area contributed by atoms with Crippen molar-refractivity contribution in [1.82, 2.24) is 5.43 Å². The molecule has 28 heavy (non-hydrogen) atoms. The number of carbonyl (C=O) groups is 1. The number of nitrogens with zero attached hydrogens (tertiary/aromatic N) is 2. The number of carbonyl (C=O) groups excluding carboxylic acids is 1. The Bertz CT molecular complexity index is 1010. The van der Waals surface area contributed by atoms with Gasteiger partial charge in [-0.1, -0.05) is 12.1 Å². The second kappa shape index (κ2) is 8.63. The van der Waals surface area contributed by atoms with Gasteiger partial charge >= 0.3 is 0 Å². The fourth-order valence-electron chi connectivity index (χ4n) is 2.50. The Morgan fingerprint density at radius 1 is 1.18 bits per heavy atom. The predicted molar refractivity (Wildman–Crippen MR) is 103 cm³/mol. The molecule has 1 N–H and O–H groups in total. The third-order valence-corrected chi connectivity index (χ3v) is 3.78. The largest absolute Gasteiger partial charge is 0.494 e. The lowest BCUT2D eigenvalue weighted by Gasteiger charge is -2.03. The molecule has 0 aliphatic heterocycles. The Kier molecular flexibility index (Phi) is 5.81. The summed E-state index contributed by atoms with van der Waals surface area (Å²) in [6, 6.07) is 16.2. The van der Waals surface area contributed by atoms with Gasteiger partial charge in [0.15, 0.2) is 0 Å². The highest BCUT2D eigenvalue weighted by atomic mass is 16.6. The number of para-hydroxylation sites is 1. The Morgan fingerprint density at radius 2 is 1.93 bits per heavy atom. The highest BCUT2D eigenvalue weighted by Crippen LogP contribution is 2.30. The molecule has 0 aliphatic rings. The molecule has 0 spiro atoms. The molecule has 0 fully saturated rings. The summed E-state index contributed by atoms with van der Waals surface area (Å²) in [5, 5.41) is 15.0. The van der Waals surface area contributed by atoms with E-state index in [4.69, 9.17) is 9.15 Å². The first-order valence-electron chi connectivity index (χ1n) is 8.48. The molecule has 0 aliphatic carbocycles. The lowest BCUT2D eigenvalue weighted by atomic mass is 10.1. The zero-order valence-corrected chi connectivity index (χ0v) is 15.0. The molecule has 0 saturated heterocycles. The maximum absolute atomic E-state index is 12.1. The van der Waals surface area contributed by atoms with Crippen LogP contribution >= 0.6 is 0 Å². The van der Waals surface area contributed by atoms with Crippen LogP contribution in [0, 0.1) is 10.1 Å². The number of hydrogen-bond acceptors (Lipinski definition) is 6. The maximum atomic E-state index is 12.1. The van der Waals surface area contributed by atoms with Crippen LogP contribution < -0.4 is 10.2 Å². The first kappa shape index (κ1) is 18.8. The first-order chi connectivity index (χ1) is 13.6. The number of nitro groups is 1. The van der Waals surface area contributed by atoms with Crippen LogP contribution in [-0.4, -0.2) is 23.7 Å². The van der Waals surface area contributed by atoms with Gasteiger partial charge in [0.25, 0.3) is 11.6 Å². The van der Waals surface area contributed by atoms with Crippen molar-refractivity contribution in [3.63, 3.8) is 0 Å². The van der Waals surface area contributed by atoms with Gasteiger partial charge in [-0.15, -0.1) is 0 Å². The molecule has 2 aromatic carbocycles. The number of hydrogen-bond donors (Lipinski definition) is 1. The number of nitro benzene ring substituents is 1. The van der Waals surface area contributed by atoms with Crippen molar-refractivity contribution in [3.8, 4) is 17.1 Å². The number of nitrogens with one attached hydrogen (secondary N) is 1. The highest BCUT2D eigenvalue weighted by molar-refractivity contribution is 5.94. The highest BCUT2D eigenvalue weighted by Gasteiger charge is 2.16. The van der Waals surface area contributed by atoms with Gasteiger partial charge in [0.1, 0.15) is 17.3 Å². The minimum Gasteiger partial charge on any atom is -0.494 e. The molecule has 8 heteroatoms. The molecule has 8 nitrogen and oxygen atoms in total. The minimum absolute atomic E-state index is 0.0517. The number of benzene rings is 2. The third kappa shape index (κ3) is 4.42. The summed E-state index contributed by atoms with van der Waals surface area (Å²) >= 11 is 0. The smallest absolute Gasteiger partial charge is 0.280 e. The molecule has 0 atom stereocenters. The van der Waals surface area contributed by atoms with Gasteiger partial charge in [0, 0.05) is 11.6 Å². The van der Waals surface area contributed by atoms with Crippen molar-refractivity contribution in [1.29, 1.82) is 0 Å². The fourth-order valence-corrected chi connectivity index (χ4v) is 2.50. The molecular formula is C20H17N3O5. The minimum atomic E-state index is -0.470. The molecular weight excluding hydrogens is 362 g/mol. The van der Waals surface area contributed by atoms with Crippen LogP contribution in [0.25, 0.3) is 11.3 Å². The summed E-state index contributed by atoms with van der Waals surface area (Å²) < 4.78 is 10.9. The summed E-state index contributed by atoms with van der Waals surface area (Å²) in [5.41, 5.74) is 3.14. The van der Waals surface area contributed by atoms with E-state index in [0.29, 0.717) is 35.0 Å². The zero-order valence-electron chi connectivity index (χ0n) is 15.0. The van der Waals surface area contributed by atoms with Crippen LogP contribution in [0.2, 0.25) is 0 Å². The van der Waals surface area contributed by atoms with Crippen LogP contribution in [0.5, 0.6) is 5.75 Å². The quantitative estimate of drug-likeness (QED) is 0.379. The number of hydrazone groups is 1. The van der Waals surface area contributed by atoms with E-state index >= 15 is 0 Å². The van der Waals surface area contributed by atoms with Gasteiger partial charge in [0.05, 0.1) is 23.3 Å². The molecule has 3 rings (SSSR count). The molecule has 142 valence electrons. The summed E-state index contributed by atoms with van der Waals surface area (Å²) in [6.45, 7) is 2.43. The van der Waals surface area contributed by atoms with E-state index < -0.39 is 4.92 Å². The van der Waals surface area contributed by atoms with Gasteiger partial charge in [0.2, 0.25) is 0 Å². The summed E-state index contributed by atoms with van der Waals surface area (Å²) in [6.07, 6.45) is 1.32. The van der Waals surface area contributed by atoms with E-state index in [1.807, 2.05) is 6.92 Å². The SMILES string of the molecule is CCOc1ccc(C(=O)N/N=C/c2ccc(-c3ccccc3[N+](=O)[O-])o2)cc1. The van der Waals surface area contributed by atoms with E-state index in [1.165, 1.54) is 12.3 Å². The van der Waals surface area contributed by atoms with Crippen molar-refractivity contribution in [3.05, 3.63) is 82.1 Å². The second-order valence-corrected chi connectivity index (χ2v) is 5.63. The van der Waals surface area contributed by atoms with Gasteiger partial charge in [-0.3, -0.25) is 14.9 Å². The van der Waals surface area contributed by atoms with Gasteiger partial charge in [-0.2, -0.15) is 5.10 Å². The topological polar surface area (TPSA) is 107 Å². The Balaban J connectivity index is 1.66. The summed E-state index contributed by atoms with van der Waals surface area (Å²) in [7, 11) is 0. The lowest BCUT2D eigenvalue weighted by Crippen LogP contribution is -2.17. The molecule has 0 radical (unpaired) electrons. The van der Waals surface area contributed by atoms with Crippen LogP contribution in [0.4, 0.5) is 5.69 Å². The average molecular weight is 379 g/mol. The van der Waals surface area contributed by atoms with Gasteiger partial charge < -0.3 is 9.15 Å². The first-order valence-corrected chi connectivity index (χ1v) is 8.48. The Hall–Kier alpha value is -3.94. The van der Waals surface area contributed by atoms with Crippen molar-refractivity contribution in [2.75, 3.05) is 6.61 Å². The van der Waals surface area contributed by atoms with Crippen molar-refractivity contribution >= 4 is 17.8 Å². The Morgan fingerprint density at radius 3 is 2.64 bits per heavy atom. The lowest BCUT2D eigenvalue weighted by molar-refractivity contribution is -0.384. The average Bonchev–Trinajstić information content (AvgIpc) is 3.17. The maximum Gasteiger partial charge on any atom is 0.280 e. The van der Waals surface area contributed by atoms with Crippen LogP contribution in [0.1, 0.15) is 23.0 Å². The van der Waals surface area contributed by atoms with Crippen LogP contribution in [0.15, 0.2) is 70.2 Å². The predicted octanol–water partition coefficient (Wildman–Crippen LogP) is 4.02. The number of rotatable bonds is 7. The van der Waals surface area contributed by atoms with Crippen LogP contribution in [0.3, 0.4) is 0 Å². The third-order valence-electron chi connectivity index (χ3n) is 3.78. The monoisotopic (exact) mass is 379 g/mol. The molecule has 3 aromatic rings. The van der Waals surface area contributed by atoms with Crippen LogP contribution in [-0.2, 0) is 0 Å². The van der Waals surface area contributed by atoms with E-state index in [0.717, 1.165) is 0 Å². The standard InChI is InChI=1S/C20H17N3O5/c1-2-27-15-9-7-14(8-10-15)20(24)22-21-13-16-11-12-19(28-16)17-5-3-4-6-18(17)23(25)26/h3-13H,2H2,1H3,(H,22,24)/b21-13+. The fraction of sp³-hybridized carbons (Fsp3) is 0.100. The summed E-state index contributed by atoms with van der Waals surface area (Å²) in [5.74, 6) is 0.984. The van der Waals surface area contributed by atoms with E-state index in [-0.39, 0.29) is 11.6 Å². The Labute approximate surface area is 160 Å². The van der Waals surface area contributed by atoms with Crippen molar-refractivity contribution < 1.29 is 18.9 Å². The molecule has 1 aromatic heterocycles. The normalized spacial score (nSPS) is 10.8. The van der Waals surface area contributed by atoms with Crippen molar-refractivity contribution in [2.45, 2.75) is 6.92 Å². The van der Waals surface area contributed by atoms with E-state index in [9.17, 15) is 14.9 Å². The van der Waals surface area contributed by atoms with Crippen molar-refractivity contribution in [2.24, 2.45) is 5.10 Å². The van der Waals surface area contributed by atoms with Gasteiger partial charge in [-0.05, 0) is 49.4 Å².